The standard InChI is InChI=1S/C15H15N7S/c1-16-12-7-18-15(23-12)21(2)10-4-6-22(8-10)14-11-3-5-17-13(11)19-9-20-14/h3,5,7,9-10H,4,6,8H2,2H3,(H,17,19,20)/t10-/m1/s1. The van der Waals surface area contributed by atoms with Gasteiger partial charge in [0, 0.05) is 32.5 Å². The van der Waals surface area contributed by atoms with E-state index >= 15 is 0 Å². The van der Waals surface area contributed by atoms with Gasteiger partial charge in [-0.3, -0.25) is 0 Å². The Kier molecular flexibility index (Phi) is 3.35. The molecule has 1 atom stereocenters. The van der Waals surface area contributed by atoms with Gasteiger partial charge in [0.05, 0.1) is 18.0 Å². The van der Waals surface area contributed by atoms with Crippen molar-refractivity contribution >= 4 is 38.3 Å². The molecule has 0 bridgehead atoms. The number of aromatic amines is 1. The first kappa shape index (κ1) is 14.0. The molecule has 23 heavy (non-hydrogen) atoms. The first-order valence-electron chi connectivity index (χ1n) is 7.35. The molecule has 0 radical (unpaired) electrons. The van der Waals surface area contributed by atoms with E-state index in [1.54, 1.807) is 12.5 Å². The highest BCUT2D eigenvalue weighted by molar-refractivity contribution is 7.19. The largest absolute Gasteiger partial charge is 0.354 e. The van der Waals surface area contributed by atoms with Gasteiger partial charge < -0.3 is 14.8 Å². The number of nitrogens with zero attached hydrogens (tertiary/aromatic N) is 6. The molecule has 1 aliphatic rings. The SMILES string of the molecule is [C-]#[N+]c1cnc(N(C)[C@@H]2CCN(c3ncnc4[nH]ccc34)C2)s1. The summed E-state index contributed by atoms with van der Waals surface area (Å²) in [6.45, 7) is 8.91. The normalized spacial score (nSPS) is 17.6. The van der Waals surface area contributed by atoms with E-state index in [0.29, 0.717) is 11.0 Å². The number of thiazole rings is 1. The molecule has 0 amide bonds. The smallest absolute Gasteiger partial charge is 0.262 e. The minimum absolute atomic E-state index is 0.365. The molecule has 0 aromatic carbocycles. The number of anilines is 2. The van der Waals surface area contributed by atoms with Crippen molar-refractivity contribution in [3.8, 4) is 0 Å². The second-order valence-electron chi connectivity index (χ2n) is 5.53. The van der Waals surface area contributed by atoms with Crippen LogP contribution in [-0.4, -0.2) is 46.1 Å². The van der Waals surface area contributed by atoms with E-state index in [9.17, 15) is 0 Å². The van der Waals surface area contributed by atoms with Crippen molar-refractivity contribution in [3.63, 3.8) is 0 Å². The Hall–Kier alpha value is -2.66. The molecule has 7 nitrogen and oxygen atoms in total. The van der Waals surface area contributed by atoms with Crippen molar-refractivity contribution in [2.24, 2.45) is 0 Å². The van der Waals surface area contributed by atoms with Crippen molar-refractivity contribution < 1.29 is 0 Å². The molecule has 1 saturated heterocycles. The first-order chi connectivity index (χ1) is 11.3. The van der Waals surface area contributed by atoms with E-state index in [4.69, 9.17) is 6.57 Å². The van der Waals surface area contributed by atoms with Gasteiger partial charge in [-0.2, -0.15) is 0 Å². The zero-order valence-electron chi connectivity index (χ0n) is 12.6. The van der Waals surface area contributed by atoms with Crippen molar-refractivity contribution in [2.45, 2.75) is 12.5 Å². The maximum atomic E-state index is 7.06. The van der Waals surface area contributed by atoms with Crippen LogP contribution in [0.3, 0.4) is 0 Å². The minimum atomic E-state index is 0.365. The molecule has 8 heteroatoms. The van der Waals surface area contributed by atoms with Crippen LogP contribution in [0.4, 0.5) is 16.0 Å². The zero-order chi connectivity index (χ0) is 15.8. The lowest BCUT2D eigenvalue weighted by molar-refractivity contribution is 0.690. The summed E-state index contributed by atoms with van der Waals surface area (Å²) >= 11 is 1.44. The minimum Gasteiger partial charge on any atom is -0.354 e. The summed E-state index contributed by atoms with van der Waals surface area (Å²) in [4.78, 5) is 24.1. The van der Waals surface area contributed by atoms with Crippen LogP contribution < -0.4 is 9.80 Å². The van der Waals surface area contributed by atoms with Crippen LogP contribution in [0, 0.1) is 6.57 Å². The monoisotopic (exact) mass is 325 g/mol. The van der Waals surface area contributed by atoms with Crippen molar-refractivity contribution in [3.05, 3.63) is 36.2 Å². The predicted molar refractivity (Wildman–Crippen MR) is 91.3 cm³/mol. The lowest BCUT2D eigenvalue weighted by Gasteiger charge is -2.24. The van der Waals surface area contributed by atoms with E-state index in [0.717, 1.165) is 41.5 Å². The fourth-order valence-electron chi connectivity index (χ4n) is 2.99. The summed E-state index contributed by atoms with van der Waals surface area (Å²) < 4.78 is 0. The van der Waals surface area contributed by atoms with Gasteiger partial charge in [0.2, 0.25) is 0 Å². The maximum Gasteiger partial charge on any atom is 0.262 e. The molecule has 1 fully saturated rings. The van der Waals surface area contributed by atoms with Gasteiger partial charge in [0.25, 0.3) is 5.00 Å². The Bertz CT molecular complexity index is 877. The summed E-state index contributed by atoms with van der Waals surface area (Å²) in [5, 5.41) is 2.59. The van der Waals surface area contributed by atoms with Crippen LogP contribution in [0.5, 0.6) is 0 Å². The average molecular weight is 325 g/mol. The highest BCUT2D eigenvalue weighted by Crippen LogP contribution is 2.32. The lowest BCUT2D eigenvalue weighted by atomic mass is 10.2. The van der Waals surface area contributed by atoms with Gasteiger partial charge in [0.1, 0.15) is 17.8 Å². The lowest BCUT2D eigenvalue weighted by Crippen LogP contribution is -2.34. The average Bonchev–Trinajstić information content (AvgIpc) is 3.32. The Morgan fingerprint density at radius 1 is 1.43 bits per heavy atom. The van der Waals surface area contributed by atoms with Crippen molar-refractivity contribution in [2.75, 3.05) is 29.9 Å². The van der Waals surface area contributed by atoms with Crippen LogP contribution in [0.2, 0.25) is 0 Å². The molecular weight excluding hydrogens is 310 g/mol. The topological polar surface area (TPSA) is 65.3 Å². The third kappa shape index (κ3) is 2.39. The summed E-state index contributed by atoms with van der Waals surface area (Å²) in [6.07, 6.45) is 6.18. The van der Waals surface area contributed by atoms with E-state index in [2.05, 4.69) is 34.6 Å². The van der Waals surface area contributed by atoms with Crippen LogP contribution in [0.1, 0.15) is 6.42 Å². The molecule has 0 unspecified atom stereocenters. The molecule has 0 aliphatic carbocycles. The number of likely N-dealkylation sites (N-methyl/N-ethyl adjacent to an activating group) is 1. The molecule has 1 N–H and O–H groups in total. The van der Waals surface area contributed by atoms with Gasteiger partial charge in [-0.1, -0.05) is 0 Å². The summed E-state index contributed by atoms with van der Waals surface area (Å²) in [5.74, 6) is 0.980. The maximum absolute atomic E-state index is 7.06. The summed E-state index contributed by atoms with van der Waals surface area (Å²) in [5.41, 5.74) is 0.869. The van der Waals surface area contributed by atoms with Crippen LogP contribution in [0.15, 0.2) is 24.8 Å². The molecule has 3 aromatic rings. The third-order valence-corrected chi connectivity index (χ3v) is 5.22. The zero-order valence-corrected chi connectivity index (χ0v) is 13.4. The Balaban J connectivity index is 1.55. The second kappa shape index (κ2) is 5.52. The fourth-order valence-corrected chi connectivity index (χ4v) is 3.73. The first-order valence-corrected chi connectivity index (χ1v) is 8.17. The van der Waals surface area contributed by atoms with Crippen LogP contribution in [-0.2, 0) is 0 Å². The number of hydrogen-bond acceptors (Lipinski definition) is 6. The number of nitrogens with one attached hydrogen (secondary N) is 1. The molecule has 0 spiro atoms. The molecular formula is C15H15N7S. The second-order valence-corrected chi connectivity index (χ2v) is 6.52. The van der Waals surface area contributed by atoms with Crippen LogP contribution >= 0.6 is 11.3 Å². The van der Waals surface area contributed by atoms with Crippen molar-refractivity contribution in [1.29, 1.82) is 0 Å². The number of H-pyrrole nitrogens is 1. The number of hydrogen-bond donors (Lipinski definition) is 1. The molecule has 4 rings (SSSR count). The quantitative estimate of drug-likeness (QED) is 0.750. The third-order valence-electron chi connectivity index (χ3n) is 4.24. The Morgan fingerprint density at radius 3 is 3.17 bits per heavy atom. The Morgan fingerprint density at radius 2 is 2.35 bits per heavy atom. The molecule has 4 heterocycles. The predicted octanol–water partition coefficient (Wildman–Crippen LogP) is 2.68. The van der Waals surface area contributed by atoms with Gasteiger partial charge in [-0.05, 0) is 12.5 Å². The molecule has 1 aliphatic heterocycles. The van der Waals surface area contributed by atoms with E-state index < -0.39 is 0 Å². The van der Waals surface area contributed by atoms with Crippen LogP contribution in [0.25, 0.3) is 15.9 Å². The summed E-state index contributed by atoms with van der Waals surface area (Å²) in [6, 6.07) is 2.38. The fraction of sp³-hybridized carbons (Fsp3) is 0.333. The van der Waals surface area contributed by atoms with E-state index in [1.165, 1.54) is 11.3 Å². The van der Waals surface area contributed by atoms with Crippen molar-refractivity contribution in [1.82, 2.24) is 19.9 Å². The van der Waals surface area contributed by atoms with Gasteiger partial charge >= 0.3 is 0 Å². The highest BCUT2D eigenvalue weighted by Gasteiger charge is 2.29. The highest BCUT2D eigenvalue weighted by atomic mass is 32.1. The molecule has 0 saturated carbocycles. The van der Waals surface area contributed by atoms with Gasteiger partial charge in [0.15, 0.2) is 5.13 Å². The molecule has 3 aromatic heterocycles. The van der Waals surface area contributed by atoms with Gasteiger partial charge in [-0.25, -0.2) is 19.8 Å². The number of rotatable bonds is 3. The molecule has 116 valence electrons. The van der Waals surface area contributed by atoms with E-state index in [-0.39, 0.29) is 0 Å². The van der Waals surface area contributed by atoms with Gasteiger partial charge in [-0.15, -0.1) is 11.3 Å². The Labute approximate surface area is 137 Å². The number of fused-ring (bicyclic) bond motifs is 1. The number of aromatic nitrogens is 4. The summed E-state index contributed by atoms with van der Waals surface area (Å²) in [7, 11) is 2.05. The van der Waals surface area contributed by atoms with E-state index in [1.807, 2.05) is 19.3 Å².